The minimum absolute atomic E-state index is 0.128. The molecular weight excluding hydrogens is 300 g/mol. The third-order valence-electron chi connectivity index (χ3n) is 2.72. The standard InChI is InChI=1S/C14H11F2NO3S/c1-7-4-12(21-13(7)14(19)20)17-11(18)6-8-2-3-9(15)10(16)5-8/h2-5H,6H2,1H3,(H,17,18)(H,19,20). The minimum atomic E-state index is -1.06. The number of carbonyl (C=O) groups is 2. The number of anilines is 1. The van der Waals surface area contributed by atoms with Crippen molar-refractivity contribution in [3.8, 4) is 0 Å². The number of aromatic carboxylic acids is 1. The van der Waals surface area contributed by atoms with Crippen molar-refractivity contribution < 1.29 is 23.5 Å². The van der Waals surface area contributed by atoms with E-state index in [9.17, 15) is 18.4 Å². The van der Waals surface area contributed by atoms with Crippen molar-refractivity contribution in [2.75, 3.05) is 5.32 Å². The van der Waals surface area contributed by atoms with E-state index in [0.717, 1.165) is 23.5 Å². The van der Waals surface area contributed by atoms with E-state index in [1.807, 2.05) is 0 Å². The highest BCUT2D eigenvalue weighted by molar-refractivity contribution is 7.18. The van der Waals surface area contributed by atoms with Crippen molar-refractivity contribution in [2.45, 2.75) is 13.3 Å². The van der Waals surface area contributed by atoms with Gasteiger partial charge in [0.05, 0.1) is 11.4 Å². The first-order valence-electron chi connectivity index (χ1n) is 5.94. The Bertz CT molecular complexity index is 712. The van der Waals surface area contributed by atoms with E-state index in [1.165, 1.54) is 6.07 Å². The molecule has 0 aliphatic heterocycles. The maximum Gasteiger partial charge on any atom is 0.346 e. The van der Waals surface area contributed by atoms with E-state index in [4.69, 9.17) is 5.11 Å². The number of carbonyl (C=O) groups excluding carboxylic acids is 1. The second-order valence-electron chi connectivity index (χ2n) is 4.40. The zero-order valence-electron chi connectivity index (χ0n) is 10.9. The number of hydrogen-bond acceptors (Lipinski definition) is 3. The molecule has 1 amide bonds. The Morgan fingerprint density at radius 3 is 2.52 bits per heavy atom. The number of halogens is 2. The van der Waals surface area contributed by atoms with Crippen LogP contribution >= 0.6 is 11.3 Å². The molecule has 0 aliphatic rings. The summed E-state index contributed by atoms with van der Waals surface area (Å²) in [6.07, 6.45) is -0.128. The lowest BCUT2D eigenvalue weighted by Gasteiger charge is -2.03. The molecule has 110 valence electrons. The summed E-state index contributed by atoms with van der Waals surface area (Å²) in [5.74, 6) is -3.47. The summed E-state index contributed by atoms with van der Waals surface area (Å²) in [7, 11) is 0. The van der Waals surface area contributed by atoms with Crippen molar-refractivity contribution in [1.82, 2.24) is 0 Å². The summed E-state index contributed by atoms with van der Waals surface area (Å²) in [5, 5.41) is 11.9. The van der Waals surface area contributed by atoms with E-state index in [1.54, 1.807) is 13.0 Å². The predicted octanol–water partition coefficient (Wildman–Crippen LogP) is 3.21. The average molecular weight is 311 g/mol. The number of carboxylic acids is 1. The quantitative estimate of drug-likeness (QED) is 0.911. The number of aryl methyl sites for hydroxylation is 1. The molecule has 4 nitrogen and oxygen atoms in total. The molecule has 0 saturated carbocycles. The number of benzene rings is 1. The number of rotatable bonds is 4. The average Bonchev–Trinajstić information content (AvgIpc) is 2.75. The van der Waals surface area contributed by atoms with E-state index in [2.05, 4.69) is 5.32 Å². The lowest BCUT2D eigenvalue weighted by molar-refractivity contribution is -0.115. The molecule has 2 N–H and O–H groups in total. The van der Waals surface area contributed by atoms with E-state index >= 15 is 0 Å². The molecule has 21 heavy (non-hydrogen) atoms. The molecular formula is C14H11F2NO3S. The number of thiophene rings is 1. The van der Waals surface area contributed by atoms with Crippen LogP contribution in [0, 0.1) is 18.6 Å². The summed E-state index contributed by atoms with van der Waals surface area (Å²) >= 11 is 0.947. The molecule has 0 fully saturated rings. The Labute approximate surface area is 123 Å². The summed E-state index contributed by atoms with van der Waals surface area (Å²) in [4.78, 5) is 22.9. The van der Waals surface area contributed by atoms with E-state index < -0.39 is 23.5 Å². The van der Waals surface area contributed by atoms with Crippen LogP contribution in [-0.2, 0) is 11.2 Å². The molecule has 0 atom stereocenters. The van der Waals surface area contributed by atoms with Gasteiger partial charge < -0.3 is 10.4 Å². The van der Waals surface area contributed by atoms with Gasteiger partial charge in [-0.15, -0.1) is 11.3 Å². The fourth-order valence-corrected chi connectivity index (χ4v) is 2.70. The van der Waals surface area contributed by atoms with Crippen molar-refractivity contribution >= 4 is 28.2 Å². The highest BCUT2D eigenvalue weighted by Gasteiger charge is 2.14. The first-order valence-corrected chi connectivity index (χ1v) is 6.76. The molecule has 0 radical (unpaired) electrons. The fraction of sp³-hybridized carbons (Fsp3) is 0.143. The van der Waals surface area contributed by atoms with E-state index in [-0.39, 0.29) is 11.3 Å². The van der Waals surface area contributed by atoms with Gasteiger partial charge in [0.25, 0.3) is 0 Å². The van der Waals surface area contributed by atoms with Crippen LogP contribution in [0.3, 0.4) is 0 Å². The zero-order chi connectivity index (χ0) is 15.6. The highest BCUT2D eigenvalue weighted by Crippen LogP contribution is 2.26. The SMILES string of the molecule is Cc1cc(NC(=O)Cc2ccc(F)c(F)c2)sc1C(=O)O. The molecule has 0 saturated heterocycles. The third kappa shape index (κ3) is 3.63. The van der Waals surface area contributed by atoms with Crippen molar-refractivity contribution in [2.24, 2.45) is 0 Å². The molecule has 7 heteroatoms. The van der Waals surface area contributed by atoms with Crippen LogP contribution in [0.5, 0.6) is 0 Å². The predicted molar refractivity (Wildman–Crippen MR) is 74.7 cm³/mol. The van der Waals surface area contributed by atoms with Crippen LogP contribution < -0.4 is 5.32 Å². The Morgan fingerprint density at radius 1 is 1.24 bits per heavy atom. The Balaban J connectivity index is 2.06. The Morgan fingerprint density at radius 2 is 1.95 bits per heavy atom. The largest absolute Gasteiger partial charge is 0.477 e. The van der Waals surface area contributed by atoms with Crippen molar-refractivity contribution in [3.05, 3.63) is 51.9 Å². The van der Waals surface area contributed by atoms with Gasteiger partial charge >= 0.3 is 5.97 Å². The smallest absolute Gasteiger partial charge is 0.346 e. The van der Waals surface area contributed by atoms with Gasteiger partial charge in [-0.3, -0.25) is 4.79 Å². The van der Waals surface area contributed by atoms with Gasteiger partial charge in [-0.2, -0.15) is 0 Å². The number of nitrogens with one attached hydrogen (secondary N) is 1. The van der Waals surface area contributed by atoms with Crippen molar-refractivity contribution in [3.63, 3.8) is 0 Å². The molecule has 0 bridgehead atoms. The summed E-state index contributed by atoms with van der Waals surface area (Å²) < 4.78 is 25.8. The van der Waals surface area contributed by atoms with E-state index in [0.29, 0.717) is 16.1 Å². The lowest BCUT2D eigenvalue weighted by Crippen LogP contribution is -2.13. The molecule has 0 aliphatic carbocycles. The van der Waals surface area contributed by atoms with Gasteiger partial charge in [-0.25, -0.2) is 13.6 Å². The first kappa shape index (κ1) is 15.1. The van der Waals surface area contributed by atoms with Crippen molar-refractivity contribution in [1.29, 1.82) is 0 Å². The summed E-state index contributed by atoms with van der Waals surface area (Å²) in [6.45, 7) is 1.63. The van der Waals surface area contributed by atoms with Crippen LogP contribution in [0.25, 0.3) is 0 Å². The molecule has 1 aromatic heterocycles. The molecule has 1 heterocycles. The van der Waals surface area contributed by atoms with Crippen LogP contribution in [0.4, 0.5) is 13.8 Å². The molecule has 0 unspecified atom stereocenters. The fourth-order valence-electron chi connectivity index (χ4n) is 1.77. The molecule has 2 aromatic rings. The summed E-state index contributed by atoms with van der Waals surface area (Å²) in [5.41, 5.74) is 0.883. The van der Waals surface area contributed by atoms with Gasteiger partial charge in [0.2, 0.25) is 5.91 Å². The maximum atomic E-state index is 13.0. The molecule has 1 aromatic carbocycles. The lowest BCUT2D eigenvalue weighted by atomic mass is 10.1. The van der Waals surface area contributed by atoms with Gasteiger partial charge in [0.15, 0.2) is 11.6 Å². The van der Waals surface area contributed by atoms with Gasteiger partial charge in [0.1, 0.15) is 4.88 Å². The second kappa shape index (κ2) is 6.01. The number of hydrogen-bond donors (Lipinski definition) is 2. The Kier molecular flexibility index (Phi) is 4.32. The highest BCUT2D eigenvalue weighted by atomic mass is 32.1. The molecule has 2 rings (SSSR count). The Hall–Kier alpha value is -2.28. The van der Waals surface area contributed by atoms with Gasteiger partial charge in [0, 0.05) is 0 Å². The number of carboxylic acid groups (broad SMARTS) is 1. The number of amides is 1. The van der Waals surface area contributed by atoms with Crippen LogP contribution in [-0.4, -0.2) is 17.0 Å². The second-order valence-corrected chi connectivity index (χ2v) is 5.45. The van der Waals surface area contributed by atoms with Crippen LogP contribution in [0.2, 0.25) is 0 Å². The monoisotopic (exact) mass is 311 g/mol. The molecule has 0 spiro atoms. The van der Waals surface area contributed by atoms with Crippen LogP contribution in [0.15, 0.2) is 24.3 Å². The van der Waals surface area contributed by atoms with Gasteiger partial charge in [-0.05, 0) is 36.2 Å². The normalized spacial score (nSPS) is 10.4. The zero-order valence-corrected chi connectivity index (χ0v) is 11.8. The topological polar surface area (TPSA) is 66.4 Å². The minimum Gasteiger partial charge on any atom is -0.477 e. The summed E-state index contributed by atoms with van der Waals surface area (Å²) in [6, 6.07) is 4.78. The maximum absolute atomic E-state index is 13.0. The first-order chi connectivity index (χ1) is 9.86. The third-order valence-corrected chi connectivity index (χ3v) is 3.86. The van der Waals surface area contributed by atoms with Crippen LogP contribution in [0.1, 0.15) is 20.8 Å². The van der Waals surface area contributed by atoms with Gasteiger partial charge in [-0.1, -0.05) is 6.07 Å².